The van der Waals surface area contributed by atoms with Gasteiger partial charge in [0.2, 0.25) is 0 Å². The highest BCUT2D eigenvalue weighted by Crippen LogP contribution is 2.35. The van der Waals surface area contributed by atoms with Crippen molar-refractivity contribution in [2.45, 2.75) is 37.9 Å². The van der Waals surface area contributed by atoms with Crippen LogP contribution in [0.5, 0.6) is 17.2 Å². The number of carbonyl (C=O) groups is 3. The van der Waals surface area contributed by atoms with Crippen molar-refractivity contribution in [3.8, 4) is 23.3 Å². The van der Waals surface area contributed by atoms with Gasteiger partial charge in [0.05, 0.1) is 38.3 Å². The Morgan fingerprint density at radius 1 is 1.07 bits per heavy atom. The smallest absolute Gasteiger partial charge is 0.415 e. The van der Waals surface area contributed by atoms with Gasteiger partial charge in [-0.05, 0) is 82.1 Å². The minimum Gasteiger partial charge on any atom is -0.493 e. The van der Waals surface area contributed by atoms with Crippen molar-refractivity contribution in [2.75, 3.05) is 14.2 Å². The maximum Gasteiger partial charge on any atom is 0.415 e. The van der Waals surface area contributed by atoms with Crippen LogP contribution in [-0.4, -0.2) is 54.3 Å². The third-order valence-corrected chi connectivity index (χ3v) is 7.74. The molecule has 212 valence electrons. The number of nitrogens with zero attached hydrogens (tertiary/aromatic N) is 2. The molecule has 11 heteroatoms. The molecule has 0 saturated carbocycles. The monoisotopic (exact) mass is 669 g/mol. The Morgan fingerprint density at radius 2 is 1.73 bits per heavy atom. The Kier molecular flexibility index (Phi) is 9.67. The fraction of sp³-hybridized carbons (Fsp3) is 0.267. The average Bonchev–Trinajstić information content (AvgIpc) is 2.96. The Balaban J connectivity index is 1.44. The normalized spacial score (nSPS) is 14.7. The number of methoxy groups -OCH3 is 2. The van der Waals surface area contributed by atoms with E-state index in [4.69, 9.17) is 14.2 Å². The SMILES string of the molecule is COc1cc2c(cc1OC)CN(C(=O)Oc1ccc(C[C@H](NC(=O)c3ccccc3I)C(=O)O)cc1)C(CC#N)C2. The van der Waals surface area contributed by atoms with Gasteiger partial charge in [0.15, 0.2) is 11.5 Å². The number of rotatable bonds is 9. The van der Waals surface area contributed by atoms with Crippen molar-refractivity contribution in [1.82, 2.24) is 10.2 Å². The first-order valence-electron chi connectivity index (χ1n) is 12.7. The number of hydrogen-bond donors (Lipinski definition) is 2. The Bertz CT molecular complexity index is 1490. The molecule has 3 aromatic rings. The van der Waals surface area contributed by atoms with Crippen molar-refractivity contribution in [1.29, 1.82) is 5.26 Å². The molecule has 1 unspecified atom stereocenters. The quantitative estimate of drug-likeness (QED) is 0.316. The molecule has 2 atom stereocenters. The van der Waals surface area contributed by atoms with Crippen molar-refractivity contribution < 1.29 is 33.7 Å². The molecule has 10 nitrogen and oxygen atoms in total. The van der Waals surface area contributed by atoms with E-state index in [9.17, 15) is 24.8 Å². The molecule has 0 bridgehead atoms. The summed E-state index contributed by atoms with van der Waals surface area (Å²) in [5.74, 6) is -0.245. The van der Waals surface area contributed by atoms with E-state index in [-0.39, 0.29) is 31.2 Å². The number of benzene rings is 3. The maximum atomic E-state index is 13.2. The third kappa shape index (κ3) is 7.07. The van der Waals surface area contributed by atoms with Crippen molar-refractivity contribution >= 4 is 40.6 Å². The van der Waals surface area contributed by atoms with E-state index in [1.807, 2.05) is 34.7 Å². The van der Waals surface area contributed by atoms with E-state index in [1.54, 1.807) is 55.6 Å². The maximum absolute atomic E-state index is 13.2. The highest BCUT2D eigenvalue weighted by molar-refractivity contribution is 14.1. The molecule has 0 aromatic heterocycles. The highest BCUT2D eigenvalue weighted by atomic mass is 127. The number of nitrogens with one attached hydrogen (secondary N) is 1. The summed E-state index contributed by atoms with van der Waals surface area (Å²) in [5.41, 5.74) is 2.87. The fourth-order valence-electron chi connectivity index (χ4n) is 4.65. The molecule has 1 aliphatic rings. The Labute approximate surface area is 251 Å². The van der Waals surface area contributed by atoms with Crippen LogP contribution >= 0.6 is 22.6 Å². The van der Waals surface area contributed by atoms with Gasteiger partial charge in [0.25, 0.3) is 5.91 Å². The lowest BCUT2D eigenvalue weighted by Crippen LogP contribution is -2.45. The number of halogens is 1. The summed E-state index contributed by atoms with van der Waals surface area (Å²) >= 11 is 2.02. The lowest BCUT2D eigenvalue weighted by atomic mass is 9.92. The van der Waals surface area contributed by atoms with Crippen molar-refractivity contribution in [3.05, 3.63) is 86.5 Å². The molecule has 0 saturated heterocycles. The first kappa shape index (κ1) is 29.7. The fourth-order valence-corrected chi connectivity index (χ4v) is 5.28. The second-order valence-electron chi connectivity index (χ2n) is 9.38. The van der Waals surface area contributed by atoms with Crippen LogP contribution in [0.1, 0.15) is 33.5 Å². The van der Waals surface area contributed by atoms with Crippen molar-refractivity contribution in [3.63, 3.8) is 0 Å². The van der Waals surface area contributed by atoms with E-state index in [2.05, 4.69) is 11.4 Å². The second-order valence-corrected chi connectivity index (χ2v) is 10.5. The molecule has 2 amide bonds. The van der Waals surface area contributed by atoms with E-state index >= 15 is 0 Å². The summed E-state index contributed by atoms with van der Waals surface area (Å²) in [6.45, 7) is 0.235. The van der Waals surface area contributed by atoms with Crippen LogP contribution in [0.2, 0.25) is 0 Å². The van der Waals surface area contributed by atoms with Gasteiger partial charge < -0.3 is 24.6 Å². The van der Waals surface area contributed by atoms with Gasteiger partial charge in [-0.15, -0.1) is 0 Å². The number of ether oxygens (including phenoxy) is 3. The first-order chi connectivity index (χ1) is 19.7. The molecule has 3 aromatic carbocycles. The zero-order valence-corrected chi connectivity index (χ0v) is 24.6. The first-order valence-corrected chi connectivity index (χ1v) is 13.8. The van der Waals surface area contributed by atoms with Crippen LogP contribution < -0.4 is 19.5 Å². The number of aliphatic carboxylic acids is 1. The zero-order valence-electron chi connectivity index (χ0n) is 22.4. The standard InChI is InChI=1S/C30H28IN3O7/c1-39-26-15-19-14-21(11-12-32)34(17-20(19)16-27(26)40-2)30(38)41-22-9-7-18(8-10-22)13-25(29(36)37)33-28(35)23-5-3-4-6-24(23)31/h3-10,15-16,21,25H,11,13-14,17H2,1-2H3,(H,33,35)(H,36,37)/t21?,25-/m0/s1. The number of hydrogen-bond acceptors (Lipinski definition) is 7. The number of carbonyl (C=O) groups excluding carboxylic acids is 2. The molecular weight excluding hydrogens is 641 g/mol. The lowest BCUT2D eigenvalue weighted by molar-refractivity contribution is -0.139. The summed E-state index contributed by atoms with van der Waals surface area (Å²) in [7, 11) is 3.09. The van der Waals surface area contributed by atoms with Crippen LogP contribution in [-0.2, 0) is 24.2 Å². The van der Waals surface area contributed by atoms with Crippen LogP contribution in [0.4, 0.5) is 4.79 Å². The van der Waals surface area contributed by atoms with Gasteiger partial charge in [0, 0.05) is 16.5 Å². The molecule has 0 fully saturated rings. The largest absolute Gasteiger partial charge is 0.493 e. The Morgan fingerprint density at radius 3 is 2.34 bits per heavy atom. The predicted octanol–water partition coefficient (Wildman–Crippen LogP) is 4.57. The van der Waals surface area contributed by atoms with Gasteiger partial charge >= 0.3 is 12.1 Å². The average molecular weight is 669 g/mol. The summed E-state index contributed by atoms with van der Waals surface area (Å²) < 4.78 is 17.1. The summed E-state index contributed by atoms with van der Waals surface area (Å²) in [6.07, 6.45) is 0.0249. The zero-order chi connectivity index (χ0) is 29.5. The molecular formula is C30H28IN3O7. The molecule has 4 rings (SSSR count). The minimum atomic E-state index is -1.16. The van der Waals surface area contributed by atoms with Gasteiger partial charge in [-0.2, -0.15) is 5.26 Å². The van der Waals surface area contributed by atoms with Gasteiger partial charge in [0.1, 0.15) is 11.8 Å². The van der Waals surface area contributed by atoms with Gasteiger partial charge in [-0.25, -0.2) is 9.59 Å². The van der Waals surface area contributed by atoms with E-state index < -0.39 is 24.0 Å². The lowest BCUT2D eigenvalue weighted by Gasteiger charge is -2.35. The summed E-state index contributed by atoms with van der Waals surface area (Å²) in [5, 5.41) is 21.6. The topological polar surface area (TPSA) is 138 Å². The van der Waals surface area contributed by atoms with Crippen LogP contribution in [0.25, 0.3) is 0 Å². The summed E-state index contributed by atoms with van der Waals surface area (Å²) in [6, 6.07) is 17.6. The Hall–Kier alpha value is -4.31. The number of nitriles is 1. The molecule has 0 radical (unpaired) electrons. The van der Waals surface area contributed by atoms with E-state index in [0.29, 0.717) is 32.6 Å². The molecule has 1 heterocycles. The number of carboxylic acids is 1. The number of carboxylic acid groups (broad SMARTS) is 1. The number of amides is 2. The highest BCUT2D eigenvalue weighted by Gasteiger charge is 2.32. The molecule has 1 aliphatic heterocycles. The van der Waals surface area contributed by atoms with Crippen LogP contribution in [0.15, 0.2) is 60.7 Å². The molecule has 0 aliphatic carbocycles. The third-order valence-electron chi connectivity index (χ3n) is 6.79. The number of fused-ring (bicyclic) bond motifs is 1. The van der Waals surface area contributed by atoms with Crippen LogP contribution in [0, 0.1) is 14.9 Å². The molecule has 2 N–H and O–H groups in total. The van der Waals surface area contributed by atoms with Gasteiger partial charge in [-0.1, -0.05) is 24.3 Å². The van der Waals surface area contributed by atoms with E-state index in [1.165, 1.54) is 12.0 Å². The van der Waals surface area contributed by atoms with Crippen molar-refractivity contribution in [2.24, 2.45) is 0 Å². The van der Waals surface area contributed by atoms with Gasteiger partial charge in [-0.3, -0.25) is 9.69 Å². The minimum absolute atomic E-state index is 0.0388. The van der Waals surface area contributed by atoms with Crippen LogP contribution in [0.3, 0.4) is 0 Å². The molecule has 41 heavy (non-hydrogen) atoms. The summed E-state index contributed by atoms with van der Waals surface area (Å²) in [4.78, 5) is 39.2. The second kappa shape index (κ2) is 13.4. The van der Waals surface area contributed by atoms with E-state index in [0.717, 1.165) is 11.1 Å². The predicted molar refractivity (Wildman–Crippen MR) is 157 cm³/mol. The molecule has 0 spiro atoms.